The number of aryl methyl sites for hydroxylation is 1. The summed E-state index contributed by atoms with van der Waals surface area (Å²) in [6, 6.07) is 0. The molecule has 10 heteroatoms. The Morgan fingerprint density at radius 2 is 2.00 bits per heavy atom. The van der Waals surface area contributed by atoms with Gasteiger partial charge in [0, 0.05) is 14.1 Å². The van der Waals surface area contributed by atoms with Crippen LogP contribution < -0.4 is 22.3 Å². The third-order valence-corrected chi connectivity index (χ3v) is 2.91. The molecule has 2 aromatic heterocycles. The van der Waals surface area contributed by atoms with Crippen molar-refractivity contribution >= 4 is 17.1 Å². The molecule has 4 N–H and O–H groups in total. The van der Waals surface area contributed by atoms with Crippen molar-refractivity contribution in [1.82, 2.24) is 19.1 Å². The number of nitrogens with one attached hydrogen (secondary N) is 2. The first-order chi connectivity index (χ1) is 9.26. The van der Waals surface area contributed by atoms with Gasteiger partial charge in [-0.05, 0) is 0 Å². The van der Waals surface area contributed by atoms with Crippen molar-refractivity contribution in [1.29, 1.82) is 0 Å². The molecule has 0 saturated carbocycles. The highest BCUT2D eigenvalue weighted by molar-refractivity contribution is 5.72. The number of fused-ring (bicyclic) bond motifs is 1. The number of hydrogen-bond donors (Lipinski definition) is 3. The number of halogens is 2. The fraction of sp³-hybridized carbons (Fsp3) is 0.500. The van der Waals surface area contributed by atoms with Crippen molar-refractivity contribution in [2.75, 3.05) is 18.4 Å². The van der Waals surface area contributed by atoms with E-state index in [1.54, 1.807) is 0 Å². The van der Waals surface area contributed by atoms with E-state index in [0.29, 0.717) is 0 Å². The highest BCUT2D eigenvalue weighted by Crippen LogP contribution is 2.13. The molecular formula is C10H14F2N6O2. The Balaban J connectivity index is 2.45. The van der Waals surface area contributed by atoms with Gasteiger partial charge < -0.3 is 16.0 Å². The lowest BCUT2D eigenvalue weighted by molar-refractivity contribution is 0.0252. The number of H-pyrrole nitrogens is 1. The maximum absolute atomic E-state index is 13.0. The average Bonchev–Trinajstić information content (AvgIpc) is 2.85. The van der Waals surface area contributed by atoms with Crippen molar-refractivity contribution in [2.24, 2.45) is 19.8 Å². The fourth-order valence-corrected chi connectivity index (χ4v) is 1.69. The Morgan fingerprint density at radius 1 is 1.35 bits per heavy atom. The third-order valence-electron chi connectivity index (χ3n) is 2.91. The van der Waals surface area contributed by atoms with E-state index < -0.39 is 30.3 Å². The molecule has 2 heterocycles. The van der Waals surface area contributed by atoms with Gasteiger partial charge in [-0.15, -0.1) is 0 Å². The molecule has 0 fully saturated rings. The second-order valence-corrected chi connectivity index (χ2v) is 4.40. The molecule has 0 aliphatic rings. The van der Waals surface area contributed by atoms with E-state index in [1.165, 1.54) is 14.1 Å². The molecule has 0 bridgehead atoms. The normalized spacial score (nSPS) is 12.1. The number of aromatic amines is 1. The number of aromatic nitrogens is 4. The van der Waals surface area contributed by atoms with Crippen LogP contribution in [-0.2, 0) is 14.1 Å². The molecule has 0 atom stereocenters. The predicted molar refractivity (Wildman–Crippen MR) is 69.1 cm³/mol. The van der Waals surface area contributed by atoms with Crippen LogP contribution in [-0.4, -0.2) is 38.1 Å². The highest BCUT2D eigenvalue weighted by atomic mass is 19.3. The van der Waals surface area contributed by atoms with Gasteiger partial charge in [0.25, 0.3) is 11.5 Å². The van der Waals surface area contributed by atoms with Crippen molar-refractivity contribution in [3.8, 4) is 0 Å². The van der Waals surface area contributed by atoms with Gasteiger partial charge in [0.15, 0.2) is 11.2 Å². The topological polar surface area (TPSA) is 111 Å². The Bertz CT molecular complexity index is 759. The lowest BCUT2D eigenvalue weighted by atomic mass is 10.3. The van der Waals surface area contributed by atoms with Gasteiger partial charge >= 0.3 is 5.69 Å². The monoisotopic (exact) mass is 288 g/mol. The van der Waals surface area contributed by atoms with Gasteiger partial charge in [-0.25, -0.2) is 13.6 Å². The largest absolute Gasteiger partial charge is 0.350 e. The van der Waals surface area contributed by atoms with Gasteiger partial charge in [-0.2, -0.15) is 4.98 Å². The SMILES string of the molecule is Cn1c(=O)c2[nH]c(NCC(F)(F)CN)nc2n(C)c1=O. The summed E-state index contributed by atoms with van der Waals surface area (Å²) < 4.78 is 28.1. The van der Waals surface area contributed by atoms with Crippen molar-refractivity contribution in [3.63, 3.8) is 0 Å². The standard InChI is InChI=1S/C10H14F2N6O2/c1-17-6-5(7(19)18(2)9(17)20)15-8(16-6)14-4-10(11,12)3-13/h3-4,13H2,1-2H3,(H2,14,15,16). The number of nitrogens with two attached hydrogens (primary N) is 1. The lowest BCUT2D eigenvalue weighted by Crippen LogP contribution is -2.36. The molecule has 2 rings (SSSR count). The lowest BCUT2D eigenvalue weighted by Gasteiger charge is -2.13. The average molecular weight is 288 g/mol. The van der Waals surface area contributed by atoms with Gasteiger partial charge in [0.2, 0.25) is 5.95 Å². The summed E-state index contributed by atoms with van der Waals surface area (Å²) in [4.78, 5) is 30.0. The van der Waals surface area contributed by atoms with Crippen LogP contribution in [0.3, 0.4) is 0 Å². The van der Waals surface area contributed by atoms with E-state index in [0.717, 1.165) is 9.13 Å². The molecular weight excluding hydrogens is 274 g/mol. The highest BCUT2D eigenvalue weighted by Gasteiger charge is 2.26. The van der Waals surface area contributed by atoms with E-state index in [1.807, 2.05) is 0 Å². The van der Waals surface area contributed by atoms with Crippen LogP contribution in [0.4, 0.5) is 14.7 Å². The molecule has 8 nitrogen and oxygen atoms in total. The number of rotatable bonds is 4. The number of nitrogens with zero attached hydrogens (tertiary/aromatic N) is 3. The Labute approximate surface area is 111 Å². The zero-order valence-corrected chi connectivity index (χ0v) is 10.9. The minimum atomic E-state index is -3.09. The molecule has 0 spiro atoms. The van der Waals surface area contributed by atoms with E-state index in [9.17, 15) is 18.4 Å². The van der Waals surface area contributed by atoms with Crippen LogP contribution in [0.15, 0.2) is 9.59 Å². The summed E-state index contributed by atoms with van der Waals surface area (Å²) in [5, 5.41) is 2.36. The first-order valence-electron chi connectivity index (χ1n) is 5.74. The summed E-state index contributed by atoms with van der Waals surface area (Å²) in [5.41, 5.74) is 3.95. The van der Waals surface area contributed by atoms with Gasteiger partial charge in [-0.1, -0.05) is 0 Å². The minimum Gasteiger partial charge on any atom is -0.350 e. The second-order valence-electron chi connectivity index (χ2n) is 4.40. The molecule has 0 aromatic carbocycles. The van der Waals surface area contributed by atoms with E-state index in [4.69, 9.17) is 5.73 Å². The van der Waals surface area contributed by atoms with E-state index >= 15 is 0 Å². The van der Waals surface area contributed by atoms with Crippen molar-refractivity contribution in [2.45, 2.75) is 5.92 Å². The number of imidazole rings is 1. The summed E-state index contributed by atoms with van der Waals surface area (Å²) in [6.07, 6.45) is 0. The molecule has 0 radical (unpaired) electrons. The number of anilines is 1. The van der Waals surface area contributed by atoms with Crippen LogP contribution >= 0.6 is 0 Å². The van der Waals surface area contributed by atoms with Crippen LogP contribution in [0.2, 0.25) is 0 Å². The molecule has 0 aliphatic heterocycles. The fourth-order valence-electron chi connectivity index (χ4n) is 1.69. The molecule has 0 amide bonds. The first-order valence-corrected chi connectivity index (χ1v) is 5.74. The Hall–Kier alpha value is -2.23. The Morgan fingerprint density at radius 3 is 2.60 bits per heavy atom. The van der Waals surface area contributed by atoms with Crippen LogP contribution in [0.5, 0.6) is 0 Å². The van der Waals surface area contributed by atoms with Crippen LogP contribution in [0.25, 0.3) is 11.2 Å². The smallest absolute Gasteiger partial charge is 0.332 e. The van der Waals surface area contributed by atoms with Crippen LogP contribution in [0.1, 0.15) is 0 Å². The molecule has 0 unspecified atom stereocenters. The number of hydrogen-bond acceptors (Lipinski definition) is 5. The van der Waals surface area contributed by atoms with Gasteiger partial charge in [0.1, 0.15) is 0 Å². The summed E-state index contributed by atoms with van der Waals surface area (Å²) in [5.74, 6) is -3.11. The molecule has 20 heavy (non-hydrogen) atoms. The van der Waals surface area contributed by atoms with Crippen molar-refractivity contribution in [3.05, 3.63) is 20.8 Å². The summed E-state index contributed by atoms with van der Waals surface area (Å²) >= 11 is 0. The number of alkyl halides is 2. The maximum atomic E-state index is 13.0. The molecule has 0 saturated heterocycles. The predicted octanol–water partition coefficient (Wildman–Crippen LogP) is -1.03. The zero-order valence-electron chi connectivity index (χ0n) is 10.9. The molecule has 0 aliphatic carbocycles. The quantitative estimate of drug-likeness (QED) is 0.666. The summed E-state index contributed by atoms with van der Waals surface area (Å²) in [7, 11) is 2.75. The molecule has 110 valence electrons. The Kier molecular flexibility index (Phi) is 3.34. The maximum Gasteiger partial charge on any atom is 0.332 e. The molecule has 2 aromatic rings. The van der Waals surface area contributed by atoms with Crippen LogP contribution in [0, 0.1) is 0 Å². The van der Waals surface area contributed by atoms with Crippen molar-refractivity contribution < 1.29 is 8.78 Å². The zero-order chi connectivity index (χ0) is 15.1. The second kappa shape index (κ2) is 4.71. The van der Waals surface area contributed by atoms with Gasteiger partial charge in [0.05, 0.1) is 13.1 Å². The van der Waals surface area contributed by atoms with E-state index in [-0.39, 0.29) is 17.1 Å². The third kappa shape index (κ3) is 2.29. The minimum absolute atomic E-state index is 0.0218. The first kappa shape index (κ1) is 14.2. The van der Waals surface area contributed by atoms with Gasteiger partial charge in [-0.3, -0.25) is 13.9 Å². The van der Waals surface area contributed by atoms with E-state index in [2.05, 4.69) is 15.3 Å². The summed E-state index contributed by atoms with van der Waals surface area (Å²) in [6.45, 7) is -1.53.